The van der Waals surface area contributed by atoms with Crippen LogP contribution in [-0.2, 0) is 17.6 Å². The van der Waals surface area contributed by atoms with E-state index in [1.54, 1.807) is 0 Å². The predicted molar refractivity (Wildman–Crippen MR) is 147 cm³/mol. The third kappa shape index (κ3) is 7.63. The molecule has 0 spiro atoms. The van der Waals surface area contributed by atoms with Crippen molar-refractivity contribution in [3.63, 3.8) is 0 Å². The second-order valence-electron chi connectivity index (χ2n) is 9.15. The van der Waals surface area contributed by atoms with Gasteiger partial charge in [0.15, 0.2) is 0 Å². The lowest BCUT2D eigenvalue weighted by molar-refractivity contribution is -0.131. The van der Waals surface area contributed by atoms with Gasteiger partial charge in [-0.1, -0.05) is 55.8 Å². The summed E-state index contributed by atoms with van der Waals surface area (Å²) in [4.78, 5) is 23.6. The van der Waals surface area contributed by atoms with Gasteiger partial charge in [0.1, 0.15) is 5.82 Å². The average Bonchev–Trinajstić information content (AvgIpc) is 2.92. The van der Waals surface area contributed by atoms with E-state index in [0.29, 0.717) is 43.1 Å². The van der Waals surface area contributed by atoms with Crippen molar-refractivity contribution >= 4 is 5.91 Å². The number of aryl methyl sites for hydroxylation is 2. The largest absolute Gasteiger partial charge is 0.477 e. The molecule has 3 aromatic rings. The first-order valence-corrected chi connectivity index (χ1v) is 13.4. The maximum Gasteiger partial charge on any atom is 0.222 e. The first-order valence-electron chi connectivity index (χ1n) is 13.4. The third-order valence-electron chi connectivity index (χ3n) is 6.52. The topological polar surface area (TPSA) is 79.1 Å². The van der Waals surface area contributed by atoms with Crippen LogP contribution in [0.25, 0.3) is 11.1 Å². The highest BCUT2D eigenvalue weighted by molar-refractivity contribution is 5.76. The van der Waals surface area contributed by atoms with Crippen LogP contribution in [0.5, 0.6) is 5.88 Å². The van der Waals surface area contributed by atoms with E-state index in [-0.39, 0.29) is 5.91 Å². The fourth-order valence-corrected chi connectivity index (χ4v) is 4.44. The maximum absolute atomic E-state index is 12.3. The van der Waals surface area contributed by atoms with Gasteiger partial charge in [0, 0.05) is 31.5 Å². The van der Waals surface area contributed by atoms with Gasteiger partial charge in [0.2, 0.25) is 11.8 Å². The van der Waals surface area contributed by atoms with Crippen molar-refractivity contribution in [1.82, 2.24) is 14.9 Å². The summed E-state index contributed by atoms with van der Waals surface area (Å²) in [6.45, 7) is 9.97. The van der Waals surface area contributed by atoms with Crippen LogP contribution in [0.4, 0.5) is 0 Å². The minimum Gasteiger partial charge on any atom is -0.477 e. The molecule has 0 atom stereocenters. The minimum atomic E-state index is 0.161. The summed E-state index contributed by atoms with van der Waals surface area (Å²) < 4.78 is 6.17. The number of carbonyl (C=O) groups is 1. The lowest BCUT2D eigenvalue weighted by atomic mass is 9.96. The molecule has 37 heavy (non-hydrogen) atoms. The molecule has 1 amide bonds. The number of aromatic nitrogens is 2. The van der Waals surface area contributed by atoms with Crippen LogP contribution in [-0.4, -0.2) is 40.5 Å². The van der Waals surface area contributed by atoms with Crippen molar-refractivity contribution in [2.75, 3.05) is 19.7 Å². The average molecular weight is 499 g/mol. The zero-order valence-corrected chi connectivity index (χ0v) is 22.6. The van der Waals surface area contributed by atoms with Gasteiger partial charge in [-0.05, 0) is 62.8 Å². The number of nitriles is 1. The fourth-order valence-electron chi connectivity index (χ4n) is 4.44. The molecular weight excluding hydrogens is 460 g/mol. The summed E-state index contributed by atoms with van der Waals surface area (Å²) in [5.41, 5.74) is 5.79. The Hall–Kier alpha value is -3.72. The normalized spacial score (nSPS) is 10.7. The molecule has 2 aromatic carbocycles. The van der Waals surface area contributed by atoms with Crippen molar-refractivity contribution in [2.24, 2.45) is 0 Å². The molecule has 1 heterocycles. The number of nitrogens with zero attached hydrogens (tertiary/aromatic N) is 4. The molecule has 0 aliphatic heterocycles. The smallest absolute Gasteiger partial charge is 0.222 e. The first kappa shape index (κ1) is 27.9. The predicted octanol–water partition coefficient (Wildman–Crippen LogP) is 6.28. The Morgan fingerprint density at radius 3 is 2.41 bits per heavy atom. The zero-order valence-electron chi connectivity index (χ0n) is 22.6. The first-order chi connectivity index (χ1) is 18.0. The third-order valence-corrected chi connectivity index (χ3v) is 6.52. The summed E-state index contributed by atoms with van der Waals surface area (Å²) >= 11 is 0. The molecule has 0 saturated heterocycles. The highest BCUT2D eigenvalue weighted by Crippen LogP contribution is 2.27. The number of carbonyl (C=O) groups excluding carboxylic acids is 1. The number of ether oxygens (including phenoxy) is 1. The Bertz CT molecular complexity index is 1210. The minimum absolute atomic E-state index is 0.161. The molecule has 0 radical (unpaired) electrons. The van der Waals surface area contributed by atoms with Crippen LogP contribution >= 0.6 is 0 Å². The van der Waals surface area contributed by atoms with Gasteiger partial charge in [0.25, 0.3) is 0 Å². The summed E-state index contributed by atoms with van der Waals surface area (Å²) in [6, 6.07) is 18.2. The van der Waals surface area contributed by atoms with Crippen LogP contribution in [0.1, 0.15) is 74.7 Å². The van der Waals surface area contributed by atoms with Crippen molar-refractivity contribution in [3.8, 4) is 23.1 Å². The molecule has 0 aliphatic rings. The van der Waals surface area contributed by atoms with E-state index in [1.165, 1.54) is 0 Å². The summed E-state index contributed by atoms with van der Waals surface area (Å²) in [5.74, 6) is 1.48. The van der Waals surface area contributed by atoms with E-state index in [4.69, 9.17) is 9.72 Å². The SMILES string of the molecule is CCCCc1nc(C)nc(OCCCC(=O)N(CC)CC)c1Cc1ccc(-c2ccccc2C#N)cc1. The lowest BCUT2D eigenvalue weighted by Gasteiger charge is -2.19. The maximum atomic E-state index is 12.3. The van der Waals surface area contributed by atoms with Crippen molar-refractivity contribution in [3.05, 3.63) is 76.7 Å². The monoisotopic (exact) mass is 498 g/mol. The highest BCUT2D eigenvalue weighted by Gasteiger charge is 2.16. The quantitative estimate of drug-likeness (QED) is 0.259. The number of benzene rings is 2. The zero-order chi connectivity index (χ0) is 26.6. The van der Waals surface area contributed by atoms with Crippen molar-refractivity contribution in [1.29, 1.82) is 5.26 Å². The Balaban J connectivity index is 1.80. The number of unbranched alkanes of at least 4 members (excludes halogenated alkanes) is 1. The van der Waals surface area contributed by atoms with Crippen LogP contribution in [0, 0.1) is 18.3 Å². The Kier molecular flexibility index (Phi) is 10.6. The number of amides is 1. The molecule has 1 aromatic heterocycles. The molecule has 6 nitrogen and oxygen atoms in total. The van der Waals surface area contributed by atoms with E-state index in [1.807, 2.05) is 49.9 Å². The van der Waals surface area contributed by atoms with E-state index >= 15 is 0 Å². The Morgan fingerprint density at radius 1 is 1.00 bits per heavy atom. The second kappa shape index (κ2) is 14.1. The van der Waals surface area contributed by atoms with Crippen molar-refractivity contribution in [2.45, 2.75) is 66.2 Å². The molecule has 6 heteroatoms. The molecular formula is C31H38N4O2. The van der Waals surface area contributed by atoms with Gasteiger partial charge < -0.3 is 9.64 Å². The molecule has 194 valence electrons. The van der Waals surface area contributed by atoms with E-state index in [0.717, 1.165) is 60.3 Å². The summed E-state index contributed by atoms with van der Waals surface area (Å²) in [5, 5.41) is 9.46. The molecule has 0 fully saturated rings. The molecule has 0 aliphatic carbocycles. The van der Waals surface area contributed by atoms with Gasteiger partial charge in [-0.15, -0.1) is 0 Å². The number of hydrogen-bond acceptors (Lipinski definition) is 5. The standard InChI is InChI=1S/C31H38N4O2/c1-5-8-14-29-28(21-24-16-18-25(19-17-24)27-13-10-9-12-26(27)22-32)31(34-23(4)33-29)37-20-11-15-30(36)35(6-2)7-3/h9-10,12-13,16-19H,5-8,11,14-15,20-21H2,1-4H3. The second-order valence-corrected chi connectivity index (χ2v) is 9.15. The molecule has 0 unspecified atom stereocenters. The summed E-state index contributed by atoms with van der Waals surface area (Å²) in [7, 11) is 0. The van der Waals surface area contributed by atoms with E-state index in [2.05, 4.69) is 42.2 Å². The molecule has 0 N–H and O–H groups in total. The molecule has 3 rings (SSSR count). The highest BCUT2D eigenvalue weighted by atomic mass is 16.5. The lowest BCUT2D eigenvalue weighted by Crippen LogP contribution is -2.30. The Labute approximate surface area is 221 Å². The van der Waals surface area contributed by atoms with E-state index < -0.39 is 0 Å². The fraction of sp³-hybridized carbons (Fsp3) is 0.419. The van der Waals surface area contributed by atoms with Gasteiger partial charge in [-0.25, -0.2) is 4.98 Å². The van der Waals surface area contributed by atoms with Crippen molar-refractivity contribution < 1.29 is 9.53 Å². The van der Waals surface area contributed by atoms with Crippen LogP contribution in [0.2, 0.25) is 0 Å². The summed E-state index contributed by atoms with van der Waals surface area (Å²) in [6.07, 6.45) is 4.78. The molecule has 0 bridgehead atoms. The van der Waals surface area contributed by atoms with E-state index in [9.17, 15) is 10.1 Å². The molecule has 0 saturated carbocycles. The van der Waals surface area contributed by atoms with Gasteiger partial charge >= 0.3 is 0 Å². The van der Waals surface area contributed by atoms with Gasteiger partial charge in [-0.2, -0.15) is 10.2 Å². The van der Waals surface area contributed by atoms with Crippen LogP contribution in [0.15, 0.2) is 48.5 Å². The van der Waals surface area contributed by atoms with Gasteiger partial charge in [-0.3, -0.25) is 4.79 Å². The Morgan fingerprint density at radius 2 is 1.73 bits per heavy atom. The van der Waals surface area contributed by atoms with Gasteiger partial charge in [0.05, 0.1) is 23.9 Å². The van der Waals surface area contributed by atoms with Crippen LogP contribution in [0.3, 0.4) is 0 Å². The van der Waals surface area contributed by atoms with Crippen LogP contribution < -0.4 is 4.74 Å². The number of hydrogen-bond donors (Lipinski definition) is 0. The number of rotatable bonds is 13.